The molecule has 1 aliphatic carbocycles. The first kappa shape index (κ1) is 8.69. The van der Waals surface area contributed by atoms with Crippen molar-refractivity contribution in [2.75, 3.05) is 6.54 Å². The topological polar surface area (TPSA) is 56.7 Å². The number of rotatable bonds is 3. The average Bonchev–Trinajstić information content (AvgIpc) is 2.71. The Bertz CT molecular complexity index is 262. The Labute approximate surface area is 78.1 Å². The molecule has 1 saturated carbocycles. The predicted octanol–water partition coefficient (Wildman–Crippen LogP) is 0.894. The number of hydrogen-bond donors (Lipinski definition) is 1. The predicted molar refractivity (Wildman–Crippen MR) is 50.3 cm³/mol. The monoisotopic (exact) mass is 180 g/mol. The second-order valence-corrected chi connectivity index (χ2v) is 3.63. The minimum atomic E-state index is 0.636. The lowest BCUT2D eigenvalue weighted by Crippen LogP contribution is -2.12. The van der Waals surface area contributed by atoms with Gasteiger partial charge in [0, 0.05) is 12.5 Å². The molecule has 72 valence electrons. The Morgan fingerprint density at radius 2 is 2.23 bits per heavy atom. The third-order valence-electron chi connectivity index (χ3n) is 2.73. The van der Waals surface area contributed by atoms with Gasteiger partial charge in [-0.3, -0.25) is 0 Å². The molecule has 4 heteroatoms. The van der Waals surface area contributed by atoms with Crippen LogP contribution in [0.25, 0.3) is 0 Å². The summed E-state index contributed by atoms with van der Waals surface area (Å²) in [4.78, 5) is 0. The van der Waals surface area contributed by atoms with Crippen molar-refractivity contribution in [3.05, 3.63) is 12.2 Å². The Morgan fingerprint density at radius 3 is 2.92 bits per heavy atom. The van der Waals surface area contributed by atoms with Gasteiger partial charge in [0.05, 0.1) is 0 Å². The third-order valence-corrected chi connectivity index (χ3v) is 2.73. The smallest absolute Gasteiger partial charge is 0.134 e. The van der Waals surface area contributed by atoms with Crippen LogP contribution in [-0.2, 0) is 6.42 Å². The van der Waals surface area contributed by atoms with Crippen LogP contribution in [0, 0.1) is 0 Å². The van der Waals surface area contributed by atoms with Gasteiger partial charge in [0.2, 0.25) is 0 Å². The van der Waals surface area contributed by atoms with E-state index in [4.69, 9.17) is 5.73 Å². The number of aromatic nitrogens is 3. The molecule has 1 aliphatic rings. The van der Waals surface area contributed by atoms with Gasteiger partial charge in [-0.2, -0.15) is 0 Å². The number of nitrogens with two attached hydrogens (primary N) is 1. The highest BCUT2D eigenvalue weighted by molar-refractivity contribution is 4.91. The first-order valence-corrected chi connectivity index (χ1v) is 5.00. The highest BCUT2D eigenvalue weighted by Crippen LogP contribution is 2.29. The van der Waals surface area contributed by atoms with Gasteiger partial charge < -0.3 is 10.3 Å². The van der Waals surface area contributed by atoms with Crippen molar-refractivity contribution in [2.45, 2.75) is 38.1 Å². The van der Waals surface area contributed by atoms with Gasteiger partial charge in [0.25, 0.3) is 0 Å². The molecular formula is C9H16N4. The Kier molecular flexibility index (Phi) is 2.59. The standard InChI is InChI=1S/C9H16N4/c10-6-5-9-12-11-7-13(9)8-3-1-2-4-8/h7-8H,1-6,10H2. The molecule has 4 nitrogen and oxygen atoms in total. The lowest BCUT2D eigenvalue weighted by Gasteiger charge is -2.12. The molecule has 0 aliphatic heterocycles. The summed E-state index contributed by atoms with van der Waals surface area (Å²) in [5.41, 5.74) is 5.51. The molecular weight excluding hydrogens is 164 g/mol. The van der Waals surface area contributed by atoms with E-state index in [1.54, 1.807) is 0 Å². The molecule has 0 aromatic carbocycles. The molecule has 1 aromatic heterocycles. The second-order valence-electron chi connectivity index (χ2n) is 3.63. The van der Waals surface area contributed by atoms with Crippen LogP contribution < -0.4 is 5.73 Å². The Morgan fingerprint density at radius 1 is 1.46 bits per heavy atom. The summed E-state index contributed by atoms with van der Waals surface area (Å²) in [6, 6.07) is 0.636. The van der Waals surface area contributed by atoms with E-state index in [1.165, 1.54) is 25.7 Å². The zero-order valence-electron chi connectivity index (χ0n) is 7.82. The second kappa shape index (κ2) is 3.87. The maximum absolute atomic E-state index is 5.51. The minimum Gasteiger partial charge on any atom is -0.330 e. The summed E-state index contributed by atoms with van der Waals surface area (Å²) in [7, 11) is 0. The molecule has 0 bridgehead atoms. The molecule has 0 atom stereocenters. The van der Waals surface area contributed by atoms with Crippen LogP contribution in [0.1, 0.15) is 37.5 Å². The number of hydrogen-bond acceptors (Lipinski definition) is 3. The van der Waals surface area contributed by atoms with E-state index in [-0.39, 0.29) is 0 Å². The van der Waals surface area contributed by atoms with Crippen LogP contribution in [0.5, 0.6) is 0 Å². The summed E-state index contributed by atoms with van der Waals surface area (Å²) in [5, 5.41) is 8.03. The van der Waals surface area contributed by atoms with Crippen LogP contribution in [0.3, 0.4) is 0 Å². The average molecular weight is 180 g/mol. The summed E-state index contributed by atoms with van der Waals surface area (Å²) >= 11 is 0. The lowest BCUT2D eigenvalue weighted by molar-refractivity contribution is 0.496. The van der Waals surface area contributed by atoms with Crippen molar-refractivity contribution in [1.82, 2.24) is 14.8 Å². The molecule has 0 radical (unpaired) electrons. The van der Waals surface area contributed by atoms with Gasteiger partial charge in [-0.25, -0.2) is 0 Å². The highest BCUT2D eigenvalue weighted by Gasteiger charge is 2.19. The fourth-order valence-electron chi connectivity index (χ4n) is 2.06. The van der Waals surface area contributed by atoms with E-state index in [9.17, 15) is 0 Å². The Balaban J connectivity index is 2.13. The van der Waals surface area contributed by atoms with Crippen molar-refractivity contribution < 1.29 is 0 Å². The first-order valence-electron chi connectivity index (χ1n) is 5.00. The van der Waals surface area contributed by atoms with Gasteiger partial charge in [-0.15, -0.1) is 10.2 Å². The molecule has 0 unspecified atom stereocenters. The maximum Gasteiger partial charge on any atom is 0.134 e. The van der Waals surface area contributed by atoms with Gasteiger partial charge in [0.15, 0.2) is 0 Å². The van der Waals surface area contributed by atoms with Crippen molar-refractivity contribution in [3.8, 4) is 0 Å². The van der Waals surface area contributed by atoms with E-state index in [2.05, 4.69) is 14.8 Å². The summed E-state index contributed by atoms with van der Waals surface area (Å²) < 4.78 is 2.21. The highest BCUT2D eigenvalue weighted by atomic mass is 15.3. The summed E-state index contributed by atoms with van der Waals surface area (Å²) in [5.74, 6) is 1.05. The minimum absolute atomic E-state index is 0.636. The molecule has 1 heterocycles. The van der Waals surface area contributed by atoms with E-state index < -0.39 is 0 Å². The van der Waals surface area contributed by atoms with E-state index >= 15 is 0 Å². The molecule has 0 amide bonds. The van der Waals surface area contributed by atoms with Gasteiger partial charge in [0.1, 0.15) is 12.2 Å². The Hall–Kier alpha value is -0.900. The quantitative estimate of drug-likeness (QED) is 0.751. The van der Waals surface area contributed by atoms with Gasteiger partial charge in [-0.05, 0) is 19.4 Å². The maximum atomic E-state index is 5.51. The van der Waals surface area contributed by atoms with Gasteiger partial charge in [-0.1, -0.05) is 12.8 Å². The third kappa shape index (κ3) is 1.72. The van der Waals surface area contributed by atoms with Crippen LogP contribution >= 0.6 is 0 Å². The van der Waals surface area contributed by atoms with Crippen LogP contribution in [0.2, 0.25) is 0 Å². The lowest BCUT2D eigenvalue weighted by atomic mass is 10.2. The molecule has 1 fully saturated rings. The van der Waals surface area contributed by atoms with Gasteiger partial charge >= 0.3 is 0 Å². The largest absolute Gasteiger partial charge is 0.330 e. The first-order chi connectivity index (χ1) is 6.42. The molecule has 0 saturated heterocycles. The van der Waals surface area contributed by atoms with Crippen molar-refractivity contribution >= 4 is 0 Å². The van der Waals surface area contributed by atoms with Crippen molar-refractivity contribution in [1.29, 1.82) is 0 Å². The zero-order valence-corrected chi connectivity index (χ0v) is 7.82. The van der Waals surface area contributed by atoms with E-state index in [0.29, 0.717) is 12.6 Å². The van der Waals surface area contributed by atoms with Crippen molar-refractivity contribution in [2.24, 2.45) is 5.73 Å². The van der Waals surface area contributed by atoms with E-state index in [1.807, 2.05) is 6.33 Å². The fourth-order valence-corrected chi connectivity index (χ4v) is 2.06. The summed E-state index contributed by atoms with van der Waals surface area (Å²) in [6.45, 7) is 0.658. The molecule has 13 heavy (non-hydrogen) atoms. The molecule has 2 N–H and O–H groups in total. The zero-order chi connectivity index (χ0) is 9.10. The normalized spacial score (nSPS) is 18.2. The fraction of sp³-hybridized carbons (Fsp3) is 0.778. The number of nitrogens with zero attached hydrogens (tertiary/aromatic N) is 3. The van der Waals surface area contributed by atoms with Crippen LogP contribution in [0.4, 0.5) is 0 Å². The molecule has 2 rings (SSSR count). The van der Waals surface area contributed by atoms with E-state index in [0.717, 1.165) is 12.2 Å². The van der Waals surface area contributed by atoms with Crippen molar-refractivity contribution in [3.63, 3.8) is 0 Å². The van der Waals surface area contributed by atoms with Crippen LogP contribution in [0.15, 0.2) is 6.33 Å². The van der Waals surface area contributed by atoms with Crippen LogP contribution in [-0.4, -0.2) is 21.3 Å². The SMILES string of the molecule is NCCc1nncn1C1CCCC1. The molecule has 0 spiro atoms. The summed E-state index contributed by atoms with van der Waals surface area (Å²) in [6.07, 6.45) is 7.92. The molecule has 1 aromatic rings.